The van der Waals surface area contributed by atoms with Gasteiger partial charge >= 0.3 is 13.5 Å². The van der Waals surface area contributed by atoms with Crippen LogP contribution in [0.3, 0.4) is 0 Å². The average Bonchev–Trinajstić information content (AvgIpc) is 3.75. The number of fused-ring (bicyclic) bond motifs is 4. The molecule has 2 saturated heterocycles. The van der Waals surface area contributed by atoms with Crippen LogP contribution in [-0.2, 0) is 48.2 Å². The number of aromatic amines is 1. The lowest BCUT2D eigenvalue weighted by Gasteiger charge is -2.40. The second-order valence-corrected chi connectivity index (χ2v) is 24.5. The van der Waals surface area contributed by atoms with Crippen LogP contribution in [0.5, 0.6) is 5.88 Å². The van der Waals surface area contributed by atoms with Crippen LogP contribution in [-0.4, -0.2) is 88.1 Å². The second kappa shape index (κ2) is 15.3. The van der Waals surface area contributed by atoms with Crippen LogP contribution in [0.25, 0.3) is 11.2 Å². The number of nitrogens with zero attached hydrogens (tertiary/aromatic N) is 6. The van der Waals surface area contributed by atoms with Gasteiger partial charge in [-0.25, -0.2) is 24.5 Å². The number of hydrogen-bond acceptors (Lipinski definition) is 16. The summed E-state index contributed by atoms with van der Waals surface area (Å²) in [4.78, 5) is 31.8. The molecule has 5 heterocycles. The molecule has 0 radical (unpaired) electrons. The number of nitriles is 1. The van der Waals surface area contributed by atoms with Gasteiger partial charge in [0, 0.05) is 24.6 Å². The summed E-state index contributed by atoms with van der Waals surface area (Å²) in [5.74, 6) is -0.0193. The summed E-state index contributed by atoms with van der Waals surface area (Å²) < 4.78 is 66.5. The fourth-order valence-electron chi connectivity index (χ4n) is 5.85. The van der Waals surface area contributed by atoms with Crippen molar-refractivity contribution in [3.8, 4) is 11.9 Å². The number of hydrogen-bond donors (Lipinski definition) is 2. The first kappa shape index (κ1) is 38.6. The van der Waals surface area contributed by atoms with Crippen LogP contribution < -0.4 is 10.3 Å². The fraction of sp³-hybridized carbons (Fsp3) is 0.655. The van der Waals surface area contributed by atoms with Crippen LogP contribution in [0.2, 0.25) is 18.1 Å². The topological polar surface area (TPSA) is 204 Å². The highest BCUT2D eigenvalue weighted by Gasteiger charge is 2.55. The van der Waals surface area contributed by atoms with E-state index in [0.717, 1.165) is 0 Å². The molecule has 17 nitrogen and oxygen atoms in total. The van der Waals surface area contributed by atoms with E-state index in [0.29, 0.717) is 18.7 Å². The molecular formula is C29H41N7O10P2S2Si. The maximum absolute atomic E-state index is 14.2. The summed E-state index contributed by atoms with van der Waals surface area (Å²) in [6.07, 6.45) is 1.51. The molecule has 0 spiro atoms. The molecule has 0 amide bonds. The van der Waals surface area contributed by atoms with Gasteiger partial charge in [0.05, 0.1) is 51.1 Å². The van der Waals surface area contributed by atoms with E-state index < -0.39 is 64.0 Å². The molecule has 1 aliphatic carbocycles. The number of nitrogens with one attached hydrogen (secondary N) is 1. The minimum absolute atomic E-state index is 0.0284. The Kier molecular flexibility index (Phi) is 11.6. The molecule has 2 aliphatic heterocycles. The zero-order valence-corrected chi connectivity index (χ0v) is 33.2. The predicted octanol–water partition coefficient (Wildman–Crippen LogP) is 5.06. The van der Waals surface area contributed by atoms with Gasteiger partial charge in [-0.3, -0.25) is 13.9 Å². The summed E-state index contributed by atoms with van der Waals surface area (Å²) in [5.41, 5.74) is -0.172. The minimum atomic E-state index is -4.15. The van der Waals surface area contributed by atoms with Gasteiger partial charge in [0.2, 0.25) is 5.88 Å². The zero-order valence-electron chi connectivity index (χ0n) is 28.7. The van der Waals surface area contributed by atoms with E-state index in [1.807, 2.05) is 0 Å². The third-order valence-corrected chi connectivity index (χ3v) is 17.9. The number of thiol groups is 1. The molecule has 3 fully saturated rings. The Labute approximate surface area is 306 Å². The molecule has 6 rings (SSSR count). The van der Waals surface area contributed by atoms with E-state index in [-0.39, 0.29) is 48.5 Å². The summed E-state index contributed by atoms with van der Waals surface area (Å²) in [6, 6.07) is 3.69. The molecule has 3 aromatic heterocycles. The Morgan fingerprint density at radius 2 is 1.98 bits per heavy atom. The first-order chi connectivity index (χ1) is 24.1. The van der Waals surface area contributed by atoms with Crippen LogP contribution in [0, 0.1) is 17.2 Å². The van der Waals surface area contributed by atoms with Crippen LogP contribution >= 0.6 is 25.8 Å². The number of ether oxygens (including phenoxy) is 2. The van der Waals surface area contributed by atoms with Gasteiger partial charge in [-0.15, -0.1) is 0 Å². The van der Waals surface area contributed by atoms with Crippen molar-refractivity contribution in [3.63, 3.8) is 0 Å². The van der Waals surface area contributed by atoms with Crippen molar-refractivity contribution in [2.45, 2.75) is 94.9 Å². The lowest BCUT2D eigenvalue weighted by atomic mass is 10.1. The Hall–Kier alpha value is -2.11. The molecule has 22 heteroatoms. The molecule has 9 atom stereocenters. The van der Waals surface area contributed by atoms with Crippen molar-refractivity contribution in [2.75, 3.05) is 19.8 Å². The lowest BCUT2D eigenvalue weighted by molar-refractivity contribution is -0.0508. The highest BCUT2D eigenvalue weighted by Crippen LogP contribution is 2.60. The quantitative estimate of drug-likeness (QED) is 0.132. The third-order valence-electron chi connectivity index (χ3n) is 9.42. The molecule has 2 bridgehead atoms. The Bertz CT molecular complexity index is 1890. The van der Waals surface area contributed by atoms with Gasteiger partial charge in [0.1, 0.15) is 30.7 Å². The lowest BCUT2D eigenvalue weighted by Crippen LogP contribution is -2.50. The summed E-state index contributed by atoms with van der Waals surface area (Å²) >= 11 is 10.4. The Morgan fingerprint density at radius 1 is 1.18 bits per heavy atom. The number of rotatable bonds is 8. The van der Waals surface area contributed by atoms with Gasteiger partial charge < -0.3 is 37.0 Å². The van der Waals surface area contributed by atoms with Crippen molar-refractivity contribution in [2.24, 2.45) is 5.92 Å². The SMILES string of the molecule is CC(C)(C)[Si](C)(C)O[C@H]1[C@H]2O[P@@](=O)(S)OC[C@H]3C[C@@H](Oc4ccncn4)C[C@@H]3O[P@](=S)(OCCC#N)OC[C@H]1O[C@H]2n1cnc2c(=O)[nH]cnc21. The van der Waals surface area contributed by atoms with Crippen molar-refractivity contribution in [1.82, 2.24) is 29.5 Å². The normalized spacial score (nSPS) is 33.5. The molecule has 0 unspecified atom stereocenters. The van der Waals surface area contributed by atoms with E-state index in [1.165, 1.54) is 23.5 Å². The highest BCUT2D eigenvalue weighted by atomic mass is 32.7. The third kappa shape index (κ3) is 8.83. The summed E-state index contributed by atoms with van der Waals surface area (Å²) in [6.45, 7) is 2.33. The van der Waals surface area contributed by atoms with Crippen LogP contribution in [0.15, 0.2) is 36.0 Å². The maximum atomic E-state index is 14.2. The maximum Gasteiger partial charge on any atom is 0.386 e. The Morgan fingerprint density at radius 3 is 2.71 bits per heavy atom. The molecule has 3 aromatic rings. The number of H-pyrrole nitrogens is 1. The van der Waals surface area contributed by atoms with Gasteiger partial charge in [0.25, 0.3) is 5.56 Å². The van der Waals surface area contributed by atoms with Crippen molar-refractivity contribution in [3.05, 3.63) is 41.6 Å². The van der Waals surface area contributed by atoms with Crippen LogP contribution in [0.1, 0.15) is 46.3 Å². The Balaban J connectivity index is 1.38. The van der Waals surface area contributed by atoms with E-state index in [9.17, 15) is 14.6 Å². The minimum Gasteiger partial charge on any atom is -0.474 e. The first-order valence-corrected chi connectivity index (χ1v) is 24.5. The largest absolute Gasteiger partial charge is 0.474 e. The zero-order chi connectivity index (χ0) is 36.6. The molecule has 3 aliphatic rings. The first-order valence-electron chi connectivity index (χ1n) is 16.3. The molecule has 0 aromatic carbocycles. The highest BCUT2D eigenvalue weighted by molar-refractivity contribution is 8.44. The van der Waals surface area contributed by atoms with Crippen LogP contribution in [0.4, 0.5) is 0 Å². The van der Waals surface area contributed by atoms with Gasteiger partial charge in [-0.05, 0) is 36.4 Å². The second-order valence-electron chi connectivity index (χ2n) is 13.9. The van der Waals surface area contributed by atoms with E-state index in [4.69, 9.17) is 48.3 Å². The summed E-state index contributed by atoms with van der Waals surface area (Å²) in [7, 11) is -2.58. The smallest absolute Gasteiger partial charge is 0.386 e. The molecule has 1 N–H and O–H groups in total. The number of aromatic nitrogens is 6. The fourth-order valence-corrected chi connectivity index (χ4v) is 10.8. The monoisotopic (exact) mass is 801 g/mol. The molecule has 1 saturated carbocycles. The molecule has 51 heavy (non-hydrogen) atoms. The van der Waals surface area contributed by atoms with Crippen molar-refractivity contribution < 1.29 is 41.1 Å². The van der Waals surface area contributed by atoms with Crippen molar-refractivity contribution >= 4 is 57.1 Å². The van der Waals surface area contributed by atoms with E-state index >= 15 is 0 Å². The van der Waals surface area contributed by atoms with Gasteiger partial charge in [-0.2, -0.15) is 5.26 Å². The van der Waals surface area contributed by atoms with E-state index in [2.05, 4.69) is 77.1 Å². The number of imidazole rings is 1. The molecule has 278 valence electrons. The standard InChI is InChI=1S/C29H41N7O10P2S2Si/c1-29(2,3)51(4,5)46-24-21-14-41-48(50,39-10-6-8-30)44-20-12-19(42-22-7-9-31-15-32-22)11-18(20)13-40-47(38,49)45-25(24)28(43-21)36-17-35-23-26(36)33-16-34-27(23)37/h7,9,15-21,24-25,28H,6,10-14H2,1-5H3,(H,38,49)(H,33,34,37)/t18-,19-,20+,21-,24-,25-,28-,47+,48+/m1/s1. The van der Waals surface area contributed by atoms with Gasteiger partial charge in [-0.1, -0.05) is 33.0 Å². The molecular weight excluding hydrogens is 761 g/mol. The predicted molar refractivity (Wildman–Crippen MR) is 192 cm³/mol. The average molecular weight is 802 g/mol. The van der Waals surface area contributed by atoms with Crippen molar-refractivity contribution in [1.29, 1.82) is 5.26 Å². The van der Waals surface area contributed by atoms with Gasteiger partial charge in [0.15, 0.2) is 25.7 Å². The summed E-state index contributed by atoms with van der Waals surface area (Å²) in [5, 5.41) is 9.00. The van der Waals surface area contributed by atoms with E-state index in [1.54, 1.807) is 12.3 Å².